The predicted octanol–water partition coefficient (Wildman–Crippen LogP) is 1.68. The summed E-state index contributed by atoms with van der Waals surface area (Å²) in [5.41, 5.74) is 2.03. The Bertz CT molecular complexity index is 703. The Kier molecular flexibility index (Phi) is 3.24. The molecule has 0 saturated heterocycles. The highest BCUT2D eigenvalue weighted by Gasteiger charge is 2.09. The average Bonchev–Trinajstić information content (AvgIpc) is 3.07. The normalized spacial score (nSPS) is 10.9. The van der Waals surface area contributed by atoms with Gasteiger partial charge >= 0.3 is 0 Å². The molecule has 0 amide bonds. The van der Waals surface area contributed by atoms with Crippen molar-refractivity contribution in [2.24, 2.45) is 0 Å². The van der Waals surface area contributed by atoms with E-state index in [9.17, 15) is 4.39 Å². The third-order valence-electron chi connectivity index (χ3n) is 2.94. The molecular weight excluding hydrogens is 259 g/mol. The van der Waals surface area contributed by atoms with Crippen LogP contribution >= 0.6 is 0 Å². The van der Waals surface area contributed by atoms with Gasteiger partial charge in [0, 0.05) is 12.4 Å². The lowest BCUT2D eigenvalue weighted by Crippen LogP contribution is -2.08. The second kappa shape index (κ2) is 5.20. The number of nitrogens with zero attached hydrogens (tertiary/aromatic N) is 6. The molecule has 0 aliphatic rings. The lowest BCUT2D eigenvalue weighted by atomic mass is 10.2. The first-order chi connectivity index (χ1) is 9.72. The topological polar surface area (TPSA) is 61.4 Å². The van der Waals surface area contributed by atoms with Gasteiger partial charge in [-0.2, -0.15) is 5.10 Å². The smallest absolute Gasteiger partial charge is 0.141 e. The van der Waals surface area contributed by atoms with E-state index in [1.54, 1.807) is 24.0 Å². The molecule has 0 atom stereocenters. The Morgan fingerprint density at radius 2 is 2.10 bits per heavy atom. The van der Waals surface area contributed by atoms with E-state index in [2.05, 4.69) is 20.4 Å². The summed E-state index contributed by atoms with van der Waals surface area (Å²) in [5.74, 6) is -0.350. The quantitative estimate of drug-likeness (QED) is 0.725. The number of hydrogen-bond acceptors (Lipinski definition) is 4. The van der Waals surface area contributed by atoms with Gasteiger partial charge in [0.1, 0.15) is 11.5 Å². The minimum absolute atomic E-state index is 0.350. The van der Waals surface area contributed by atoms with Gasteiger partial charge in [0.2, 0.25) is 0 Å². The minimum atomic E-state index is -0.350. The Hall–Kier alpha value is -2.57. The first-order valence-corrected chi connectivity index (χ1v) is 6.22. The fourth-order valence-electron chi connectivity index (χ4n) is 1.96. The molecule has 0 radical (unpaired) electrons. The van der Waals surface area contributed by atoms with E-state index in [-0.39, 0.29) is 5.82 Å². The number of rotatable bonds is 4. The SMILES string of the molecule is Cc1cc(F)cnc1-c1cn(CCn2cccn2)nn1. The van der Waals surface area contributed by atoms with Crippen LogP contribution in [0.5, 0.6) is 0 Å². The standard InChI is InChI=1S/C13H13FN6/c1-10-7-11(14)8-15-13(10)12-9-20(18-17-12)6-5-19-4-2-3-16-19/h2-4,7-9H,5-6H2,1H3. The molecule has 0 aliphatic heterocycles. The van der Waals surface area contributed by atoms with Gasteiger partial charge in [-0.3, -0.25) is 9.67 Å². The molecule has 20 heavy (non-hydrogen) atoms. The van der Waals surface area contributed by atoms with Crippen LogP contribution in [0.4, 0.5) is 4.39 Å². The summed E-state index contributed by atoms with van der Waals surface area (Å²) in [6, 6.07) is 3.31. The van der Waals surface area contributed by atoms with E-state index >= 15 is 0 Å². The zero-order valence-electron chi connectivity index (χ0n) is 10.9. The fourth-order valence-corrected chi connectivity index (χ4v) is 1.96. The van der Waals surface area contributed by atoms with Gasteiger partial charge in [0.15, 0.2) is 0 Å². The summed E-state index contributed by atoms with van der Waals surface area (Å²) in [6.07, 6.45) is 6.61. The van der Waals surface area contributed by atoms with Crippen LogP contribution in [-0.2, 0) is 13.1 Å². The van der Waals surface area contributed by atoms with Crippen molar-refractivity contribution in [3.8, 4) is 11.4 Å². The number of aryl methyl sites for hydroxylation is 3. The molecule has 0 spiro atoms. The number of hydrogen-bond donors (Lipinski definition) is 0. The van der Waals surface area contributed by atoms with Crippen molar-refractivity contribution >= 4 is 0 Å². The highest BCUT2D eigenvalue weighted by molar-refractivity contribution is 5.56. The fraction of sp³-hybridized carbons (Fsp3) is 0.231. The minimum Gasteiger partial charge on any atom is -0.271 e. The summed E-state index contributed by atoms with van der Waals surface area (Å²) in [7, 11) is 0. The zero-order valence-corrected chi connectivity index (χ0v) is 10.9. The van der Waals surface area contributed by atoms with Crippen molar-refractivity contribution in [1.29, 1.82) is 0 Å². The highest BCUT2D eigenvalue weighted by atomic mass is 19.1. The molecule has 3 heterocycles. The van der Waals surface area contributed by atoms with E-state index in [4.69, 9.17) is 0 Å². The molecule has 0 unspecified atom stereocenters. The maximum Gasteiger partial charge on any atom is 0.141 e. The van der Waals surface area contributed by atoms with Gasteiger partial charge in [0.25, 0.3) is 0 Å². The Morgan fingerprint density at radius 3 is 2.85 bits per heavy atom. The summed E-state index contributed by atoms with van der Waals surface area (Å²) in [6.45, 7) is 3.18. The third kappa shape index (κ3) is 2.56. The summed E-state index contributed by atoms with van der Waals surface area (Å²) >= 11 is 0. The molecule has 7 heteroatoms. The molecule has 0 fully saturated rings. The molecule has 0 saturated carbocycles. The van der Waals surface area contributed by atoms with Crippen molar-refractivity contribution < 1.29 is 4.39 Å². The van der Waals surface area contributed by atoms with Crippen LogP contribution in [-0.4, -0.2) is 29.8 Å². The highest BCUT2D eigenvalue weighted by Crippen LogP contribution is 2.18. The largest absolute Gasteiger partial charge is 0.271 e. The van der Waals surface area contributed by atoms with Crippen molar-refractivity contribution in [2.45, 2.75) is 20.0 Å². The van der Waals surface area contributed by atoms with Crippen molar-refractivity contribution in [2.75, 3.05) is 0 Å². The van der Waals surface area contributed by atoms with E-state index < -0.39 is 0 Å². The Labute approximate surface area is 114 Å². The van der Waals surface area contributed by atoms with Gasteiger partial charge in [-0.1, -0.05) is 5.21 Å². The van der Waals surface area contributed by atoms with Gasteiger partial charge in [-0.15, -0.1) is 5.10 Å². The maximum atomic E-state index is 13.0. The molecule has 6 nitrogen and oxygen atoms in total. The van der Waals surface area contributed by atoms with Crippen molar-refractivity contribution in [1.82, 2.24) is 29.8 Å². The molecular formula is C13H13FN6. The average molecular weight is 272 g/mol. The monoisotopic (exact) mass is 272 g/mol. The second-order valence-electron chi connectivity index (χ2n) is 4.46. The van der Waals surface area contributed by atoms with Crippen LogP contribution in [0.3, 0.4) is 0 Å². The predicted molar refractivity (Wildman–Crippen MR) is 70.2 cm³/mol. The summed E-state index contributed by atoms with van der Waals surface area (Å²) in [5, 5.41) is 12.2. The molecule has 3 aromatic heterocycles. The van der Waals surface area contributed by atoms with Crippen molar-refractivity contribution in [3.63, 3.8) is 0 Å². The van der Waals surface area contributed by atoms with Crippen LogP contribution in [0.1, 0.15) is 5.56 Å². The van der Waals surface area contributed by atoms with Crippen LogP contribution in [0.15, 0.2) is 36.9 Å². The van der Waals surface area contributed by atoms with E-state index in [1.807, 2.05) is 16.9 Å². The maximum absolute atomic E-state index is 13.0. The molecule has 0 bridgehead atoms. The van der Waals surface area contributed by atoms with Crippen LogP contribution < -0.4 is 0 Å². The summed E-state index contributed by atoms with van der Waals surface area (Å²) < 4.78 is 16.6. The third-order valence-corrected chi connectivity index (χ3v) is 2.94. The van der Waals surface area contributed by atoms with Gasteiger partial charge < -0.3 is 0 Å². The number of aromatic nitrogens is 6. The zero-order chi connectivity index (χ0) is 13.9. The molecule has 3 aromatic rings. The van der Waals surface area contributed by atoms with Gasteiger partial charge in [-0.25, -0.2) is 9.07 Å². The first-order valence-electron chi connectivity index (χ1n) is 6.22. The van der Waals surface area contributed by atoms with Gasteiger partial charge in [-0.05, 0) is 24.6 Å². The van der Waals surface area contributed by atoms with Crippen LogP contribution in [0, 0.1) is 12.7 Å². The van der Waals surface area contributed by atoms with E-state index in [1.165, 1.54) is 12.3 Å². The molecule has 0 aromatic carbocycles. The molecule has 0 N–H and O–H groups in total. The molecule has 0 aliphatic carbocycles. The molecule has 102 valence electrons. The lowest BCUT2D eigenvalue weighted by molar-refractivity contribution is 0.490. The number of halogens is 1. The lowest BCUT2D eigenvalue weighted by Gasteiger charge is -2.01. The first kappa shape index (κ1) is 12.5. The Balaban J connectivity index is 1.76. The van der Waals surface area contributed by atoms with Crippen LogP contribution in [0.25, 0.3) is 11.4 Å². The number of pyridine rings is 1. The van der Waals surface area contributed by atoms with Crippen LogP contribution in [0.2, 0.25) is 0 Å². The van der Waals surface area contributed by atoms with E-state index in [0.717, 1.165) is 5.56 Å². The Morgan fingerprint density at radius 1 is 1.25 bits per heavy atom. The van der Waals surface area contributed by atoms with Crippen molar-refractivity contribution in [3.05, 3.63) is 48.3 Å². The summed E-state index contributed by atoms with van der Waals surface area (Å²) in [4.78, 5) is 4.06. The van der Waals surface area contributed by atoms with Gasteiger partial charge in [0.05, 0.1) is 31.2 Å². The molecule has 3 rings (SSSR count). The van der Waals surface area contributed by atoms with E-state index in [0.29, 0.717) is 24.5 Å². The second-order valence-corrected chi connectivity index (χ2v) is 4.46.